The Morgan fingerprint density at radius 2 is 1.28 bits per heavy atom. The Balaban J connectivity index is 3.65. The molecule has 0 fully saturated rings. The van der Waals surface area contributed by atoms with E-state index in [0.29, 0.717) is 0 Å². The summed E-state index contributed by atoms with van der Waals surface area (Å²) in [6.45, 7) is 0. The Hall–Kier alpha value is -2.03. The Morgan fingerprint density at radius 3 is 1.60 bits per heavy atom. The van der Waals surface area contributed by atoms with Gasteiger partial charge in [0.1, 0.15) is 5.69 Å². The van der Waals surface area contributed by atoms with Crippen molar-refractivity contribution in [3.05, 3.63) is 17.5 Å². The molecule has 1 heterocycles. The molecular weight excluding hydrogens is 399 g/mol. The summed E-state index contributed by atoms with van der Waals surface area (Å²) in [7, 11) is 0. The van der Waals surface area contributed by atoms with Crippen molar-refractivity contribution in [2.45, 2.75) is 30.4 Å². The largest absolute Gasteiger partial charge is 0.473 e. The Bertz CT molecular complexity index is 663. The Labute approximate surface area is 127 Å². The molecule has 0 spiro atoms. The van der Waals surface area contributed by atoms with E-state index >= 15 is 0 Å². The zero-order valence-electron chi connectivity index (χ0n) is 10.8. The van der Waals surface area contributed by atoms with Crippen molar-refractivity contribution in [1.82, 2.24) is 9.78 Å². The third-order valence-electron chi connectivity index (χ3n) is 2.51. The maximum Gasteiger partial charge on any atom is 0.473 e. The van der Waals surface area contributed by atoms with Crippen molar-refractivity contribution in [3.63, 3.8) is 0 Å². The van der Waals surface area contributed by atoms with Gasteiger partial charge in [-0.05, 0) is 6.07 Å². The first kappa shape index (κ1) is 21.0. The van der Waals surface area contributed by atoms with Gasteiger partial charge in [-0.1, -0.05) is 0 Å². The molecule has 0 atom stereocenters. The van der Waals surface area contributed by atoms with Gasteiger partial charge < -0.3 is 0 Å². The molecule has 25 heavy (non-hydrogen) atoms. The summed E-state index contributed by atoms with van der Waals surface area (Å²) < 4.78 is 160. The van der Waals surface area contributed by atoms with Crippen LogP contribution in [0.25, 0.3) is 0 Å². The summed E-state index contributed by atoms with van der Waals surface area (Å²) >= 11 is 0. The monoisotopic (exact) mass is 400 g/mol. The van der Waals surface area contributed by atoms with Crippen LogP contribution in [0, 0.1) is 0 Å². The highest BCUT2D eigenvalue weighted by molar-refractivity contribution is 5.84. The van der Waals surface area contributed by atoms with Crippen LogP contribution in [0.15, 0.2) is 6.07 Å². The molecule has 1 aromatic heterocycles. The lowest BCUT2D eigenvalue weighted by Crippen LogP contribution is -2.50. The molecule has 0 unspecified atom stereocenters. The number of carbonyl (C=O) groups excluding carboxylic acids is 1. The number of alkyl halides is 13. The molecule has 0 N–H and O–H groups in total. The summed E-state index contributed by atoms with van der Waals surface area (Å²) in [4.78, 5) is 10.7. The first-order chi connectivity index (χ1) is 10.7. The van der Waals surface area contributed by atoms with Gasteiger partial charge >= 0.3 is 36.3 Å². The first-order valence-corrected chi connectivity index (χ1v) is 5.36. The average Bonchev–Trinajstić information content (AvgIpc) is 2.80. The minimum absolute atomic E-state index is 1.21. The van der Waals surface area contributed by atoms with Gasteiger partial charge in [-0.25, -0.2) is 0 Å². The van der Waals surface area contributed by atoms with Gasteiger partial charge in [-0.2, -0.15) is 66.9 Å². The van der Waals surface area contributed by atoms with E-state index < -0.39 is 58.4 Å². The highest BCUT2D eigenvalue weighted by atomic mass is 19.4. The van der Waals surface area contributed by atoms with E-state index in [1.165, 1.54) is 0 Å². The van der Waals surface area contributed by atoms with Crippen LogP contribution in [0.5, 0.6) is 0 Å². The minimum atomic E-state index is -6.98. The molecule has 144 valence electrons. The molecule has 0 aliphatic heterocycles. The van der Waals surface area contributed by atoms with Crippen molar-refractivity contribution < 1.29 is 61.9 Å². The number of hydrogen-bond donors (Lipinski definition) is 0. The zero-order valence-corrected chi connectivity index (χ0v) is 10.8. The normalized spacial score (nSPS) is 14.8. The van der Waals surface area contributed by atoms with E-state index in [1.807, 2.05) is 0 Å². The molecule has 0 bridgehead atoms. The zero-order chi connectivity index (χ0) is 20.2. The molecule has 0 aliphatic carbocycles. The second-order valence-electron chi connectivity index (χ2n) is 4.27. The number of rotatable bonds is 2. The predicted molar refractivity (Wildman–Crippen MR) is 48.8 cm³/mol. The number of carbonyl (C=O) groups is 1. The lowest BCUT2D eigenvalue weighted by molar-refractivity contribution is -0.360. The molecule has 1 aromatic rings. The van der Waals surface area contributed by atoms with Gasteiger partial charge in [0.25, 0.3) is 0 Å². The summed E-state index contributed by atoms with van der Waals surface area (Å²) in [5.41, 5.74) is -5.94. The third-order valence-corrected chi connectivity index (χ3v) is 2.51. The van der Waals surface area contributed by atoms with Crippen LogP contribution in [0.3, 0.4) is 0 Å². The fraction of sp³-hybridized carbons (Fsp3) is 0.556. The lowest BCUT2D eigenvalue weighted by atomic mass is 10.1. The summed E-state index contributed by atoms with van der Waals surface area (Å²) in [5, 5.41) is 1.69. The van der Waals surface area contributed by atoms with Crippen molar-refractivity contribution in [2.75, 3.05) is 0 Å². The van der Waals surface area contributed by atoms with E-state index in [4.69, 9.17) is 0 Å². The van der Waals surface area contributed by atoms with Crippen LogP contribution >= 0.6 is 0 Å². The Kier molecular flexibility index (Phi) is 4.61. The molecule has 16 heteroatoms. The summed E-state index contributed by atoms with van der Waals surface area (Å²) in [6, 6.07) is -1.21. The number of hydrogen-bond acceptors (Lipinski definition) is 2. The third kappa shape index (κ3) is 3.51. The van der Waals surface area contributed by atoms with E-state index in [9.17, 15) is 61.9 Å². The van der Waals surface area contributed by atoms with Crippen LogP contribution in [0.4, 0.5) is 57.1 Å². The average molecular weight is 400 g/mol. The van der Waals surface area contributed by atoms with Crippen molar-refractivity contribution in [1.29, 1.82) is 0 Å². The van der Waals surface area contributed by atoms with Crippen LogP contribution in [-0.2, 0) is 12.1 Å². The fourth-order valence-corrected chi connectivity index (χ4v) is 1.35. The molecule has 0 amide bonds. The van der Waals surface area contributed by atoms with Crippen LogP contribution in [-0.4, -0.2) is 34.0 Å². The number of nitrogens with zero attached hydrogens (tertiary/aromatic N) is 2. The van der Waals surface area contributed by atoms with Crippen molar-refractivity contribution in [2.24, 2.45) is 0 Å². The molecule has 3 nitrogen and oxygen atoms in total. The van der Waals surface area contributed by atoms with Gasteiger partial charge in [0.05, 0.1) is 0 Å². The maximum absolute atomic E-state index is 13.3. The SMILES string of the molecule is O=C(n1nc(C(F)(F)C(F)(F)C(F)(F)F)cc1C(F)(F)F)C(F)(F)F. The second-order valence-corrected chi connectivity index (χ2v) is 4.27. The van der Waals surface area contributed by atoms with Gasteiger partial charge in [-0.3, -0.25) is 4.79 Å². The molecule has 0 aromatic carbocycles. The summed E-state index contributed by atoms with van der Waals surface area (Å²) in [5.74, 6) is -17.0. The summed E-state index contributed by atoms with van der Waals surface area (Å²) in [6.07, 6.45) is -19.1. The van der Waals surface area contributed by atoms with E-state index in [2.05, 4.69) is 0 Å². The second kappa shape index (κ2) is 5.48. The predicted octanol–water partition coefficient (Wildman–Crippen LogP) is 4.39. The highest BCUT2D eigenvalue weighted by Crippen LogP contribution is 2.52. The molecule has 1 rings (SSSR count). The molecular formula is C9HF13N2O. The Morgan fingerprint density at radius 1 is 0.840 bits per heavy atom. The van der Waals surface area contributed by atoms with Crippen LogP contribution < -0.4 is 0 Å². The topological polar surface area (TPSA) is 34.9 Å². The molecule has 0 radical (unpaired) electrons. The highest BCUT2D eigenvalue weighted by Gasteiger charge is 2.74. The molecule has 0 saturated carbocycles. The fourth-order valence-electron chi connectivity index (χ4n) is 1.35. The van der Waals surface area contributed by atoms with Crippen LogP contribution in [0.1, 0.15) is 16.2 Å². The molecule has 0 saturated heterocycles. The standard InChI is InChI=1S/C9HF13N2O/c10-5(11,8(18,19)9(20,21)22)2-1-3(6(12,13)14)24(23-2)4(25)7(15,16)17/h1H. The molecule has 0 aliphatic rings. The van der Waals surface area contributed by atoms with E-state index in [-0.39, 0.29) is 0 Å². The van der Waals surface area contributed by atoms with E-state index in [1.54, 1.807) is 5.10 Å². The maximum atomic E-state index is 13.3. The minimum Gasteiger partial charge on any atom is -0.262 e. The van der Waals surface area contributed by atoms with Gasteiger partial charge in [-0.15, -0.1) is 0 Å². The van der Waals surface area contributed by atoms with Crippen molar-refractivity contribution >= 4 is 5.91 Å². The smallest absolute Gasteiger partial charge is 0.262 e. The van der Waals surface area contributed by atoms with Gasteiger partial charge in [0.15, 0.2) is 5.69 Å². The van der Waals surface area contributed by atoms with Crippen molar-refractivity contribution in [3.8, 4) is 0 Å². The number of halogens is 13. The first-order valence-electron chi connectivity index (χ1n) is 5.36. The van der Waals surface area contributed by atoms with E-state index in [0.717, 1.165) is 0 Å². The number of aromatic nitrogens is 2. The van der Waals surface area contributed by atoms with Gasteiger partial charge in [0.2, 0.25) is 0 Å². The quantitative estimate of drug-likeness (QED) is 0.691. The van der Waals surface area contributed by atoms with Gasteiger partial charge in [0, 0.05) is 0 Å². The van der Waals surface area contributed by atoms with Crippen LogP contribution in [0.2, 0.25) is 0 Å². The lowest BCUT2D eigenvalue weighted by Gasteiger charge is -2.26.